The number of hydrogen-bond donors (Lipinski definition) is 1. The summed E-state index contributed by atoms with van der Waals surface area (Å²) in [4.78, 5) is 0.121. The summed E-state index contributed by atoms with van der Waals surface area (Å²) in [6.45, 7) is 6.87. The Morgan fingerprint density at radius 2 is 1.89 bits per heavy atom. The molecule has 0 aliphatic carbocycles. The number of anilines is 1. The van der Waals surface area contributed by atoms with E-state index in [9.17, 15) is 8.42 Å². The highest BCUT2D eigenvalue weighted by Gasteiger charge is 2.16. The van der Waals surface area contributed by atoms with Gasteiger partial charge in [-0.25, -0.2) is 8.42 Å². The van der Waals surface area contributed by atoms with E-state index in [4.69, 9.17) is 10.5 Å². The molecule has 0 amide bonds. The van der Waals surface area contributed by atoms with Crippen LogP contribution in [0.3, 0.4) is 0 Å². The second-order valence-electron chi connectivity index (χ2n) is 5.60. The van der Waals surface area contributed by atoms with Gasteiger partial charge in [-0.2, -0.15) is 0 Å². The Morgan fingerprint density at radius 1 is 1.28 bits per heavy atom. The van der Waals surface area contributed by atoms with Crippen LogP contribution in [-0.2, 0) is 9.84 Å². The van der Waals surface area contributed by atoms with Gasteiger partial charge in [0.2, 0.25) is 0 Å². The van der Waals surface area contributed by atoms with Crippen LogP contribution in [0.5, 0.6) is 5.75 Å². The molecule has 0 fully saturated rings. The number of ether oxygens (including phenoxy) is 1. The molecule has 0 unspecified atom stereocenters. The lowest BCUT2D eigenvalue weighted by Crippen LogP contribution is -2.12. The van der Waals surface area contributed by atoms with E-state index in [-0.39, 0.29) is 16.0 Å². The van der Waals surface area contributed by atoms with Crippen LogP contribution in [-0.4, -0.2) is 21.3 Å². The first kappa shape index (κ1) is 14.8. The minimum atomic E-state index is -3.31. The average molecular weight is 271 g/mol. The molecule has 1 aromatic rings. The van der Waals surface area contributed by atoms with Gasteiger partial charge in [-0.05, 0) is 24.0 Å². The third-order valence-electron chi connectivity index (χ3n) is 2.54. The molecule has 0 bridgehead atoms. The lowest BCUT2D eigenvalue weighted by Gasteiger charge is -2.19. The van der Waals surface area contributed by atoms with E-state index in [1.165, 1.54) is 6.07 Å². The van der Waals surface area contributed by atoms with Crippen molar-refractivity contribution in [1.29, 1.82) is 0 Å². The van der Waals surface area contributed by atoms with Crippen molar-refractivity contribution >= 4 is 15.5 Å². The minimum absolute atomic E-state index is 0.121. The number of nitrogen functional groups attached to an aromatic ring is 1. The van der Waals surface area contributed by atoms with E-state index in [1.54, 1.807) is 12.1 Å². The maximum Gasteiger partial charge on any atom is 0.177 e. The van der Waals surface area contributed by atoms with Gasteiger partial charge in [-0.1, -0.05) is 26.8 Å². The van der Waals surface area contributed by atoms with Crippen LogP contribution in [0.25, 0.3) is 0 Å². The summed E-state index contributed by atoms with van der Waals surface area (Å²) >= 11 is 0. The molecule has 1 aromatic carbocycles. The van der Waals surface area contributed by atoms with Gasteiger partial charge in [0, 0.05) is 6.26 Å². The summed E-state index contributed by atoms with van der Waals surface area (Å²) in [5, 5.41) is 0. The SMILES string of the molecule is CC(C)(C)CCOc1cccc(S(C)(=O)=O)c1N. The van der Waals surface area contributed by atoms with Crippen LogP contribution >= 0.6 is 0 Å². The standard InChI is InChI=1S/C13H21NO3S/c1-13(2,3)8-9-17-10-6-5-7-11(12(10)14)18(4,15)16/h5-7H,8-9,14H2,1-4H3. The molecular weight excluding hydrogens is 250 g/mol. The maximum atomic E-state index is 11.5. The zero-order valence-electron chi connectivity index (χ0n) is 11.4. The van der Waals surface area contributed by atoms with Crippen molar-refractivity contribution in [2.45, 2.75) is 32.1 Å². The first-order valence-electron chi connectivity index (χ1n) is 5.82. The van der Waals surface area contributed by atoms with Gasteiger partial charge in [-0.3, -0.25) is 0 Å². The van der Waals surface area contributed by atoms with Gasteiger partial charge < -0.3 is 10.5 Å². The van der Waals surface area contributed by atoms with Crippen LogP contribution in [0.2, 0.25) is 0 Å². The van der Waals surface area contributed by atoms with Crippen LogP contribution in [0.15, 0.2) is 23.1 Å². The normalized spacial score (nSPS) is 12.4. The first-order chi connectivity index (χ1) is 8.11. The van der Waals surface area contributed by atoms with Crippen molar-refractivity contribution in [1.82, 2.24) is 0 Å². The average Bonchev–Trinajstić information content (AvgIpc) is 2.17. The largest absolute Gasteiger partial charge is 0.491 e. The zero-order chi connectivity index (χ0) is 14.0. The molecular formula is C13H21NO3S. The molecule has 1 rings (SSSR count). The maximum absolute atomic E-state index is 11.5. The predicted molar refractivity (Wildman–Crippen MR) is 73.5 cm³/mol. The molecule has 5 heteroatoms. The van der Waals surface area contributed by atoms with Gasteiger partial charge >= 0.3 is 0 Å². The highest BCUT2D eigenvalue weighted by atomic mass is 32.2. The Kier molecular flexibility index (Phi) is 4.27. The van der Waals surface area contributed by atoms with Crippen molar-refractivity contribution in [3.05, 3.63) is 18.2 Å². The van der Waals surface area contributed by atoms with E-state index < -0.39 is 9.84 Å². The third-order valence-corrected chi connectivity index (χ3v) is 3.69. The lowest BCUT2D eigenvalue weighted by molar-refractivity contribution is 0.243. The topological polar surface area (TPSA) is 69.4 Å². The molecule has 18 heavy (non-hydrogen) atoms. The molecule has 0 spiro atoms. The summed E-state index contributed by atoms with van der Waals surface area (Å²) in [7, 11) is -3.31. The summed E-state index contributed by atoms with van der Waals surface area (Å²) < 4.78 is 28.6. The predicted octanol–water partition coefficient (Wildman–Crippen LogP) is 2.49. The molecule has 0 aliphatic heterocycles. The summed E-state index contributed by atoms with van der Waals surface area (Å²) in [5.41, 5.74) is 6.17. The quantitative estimate of drug-likeness (QED) is 0.854. The Labute approximate surface area is 109 Å². The molecule has 0 aromatic heterocycles. The second kappa shape index (κ2) is 5.18. The molecule has 102 valence electrons. The van der Waals surface area contributed by atoms with E-state index in [1.807, 2.05) is 0 Å². The Bertz CT molecular complexity index is 516. The number of nitrogens with two attached hydrogens (primary N) is 1. The van der Waals surface area contributed by atoms with Crippen molar-refractivity contribution in [2.75, 3.05) is 18.6 Å². The van der Waals surface area contributed by atoms with E-state index in [0.717, 1.165) is 12.7 Å². The molecule has 4 nitrogen and oxygen atoms in total. The molecule has 0 heterocycles. The summed E-state index contributed by atoms with van der Waals surface area (Å²) in [5.74, 6) is 0.433. The Hall–Kier alpha value is -1.23. The fraction of sp³-hybridized carbons (Fsp3) is 0.538. The molecule has 0 saturated carbocycles. The van der Waals surface area contributed by atoms with Gasteiger partial charge in [0.1, 0.15) is 5.75 Å². The Balaban J connectivity index is 2.86. The molecule has 0 atom stereocenters. The van der Waals surface area contributed by atoms with Crippen LogP contribution in [0.1, 0.15) is 27.2 Å². The minimum Gasteiger partial charge on any atom is -0.491 e. The third kappa shape index (κ3) is 4.22. The molecule has 0 aliphatic rings. The van der Waals surface area contributed by atoms with Crippen molar-refractivity contribution in [3.8, 4) is 5.75 Å². The van der Waals surface area contributed by atoms with Crippen molar-refractivity contribution in [2.24, 2.45) is 5.41 Å². The van der Waals surface area contributed by atoms with Gasteiger partial charge in [0.15, 0.2) is 9.84 Å². The van der Waals surface area contributed by atoms with Gasteiger partial charge in [-0.15, -0.1) is 0 Å². The lowest BCUT2D eigenvalue weighted by atomic mass is 9.93. The van der Waals surface area contributed by atoms with Gasteiger partial charge in [0.05, 0.1) is 17.2 Å². The monoisotopic (exact) mass is 271 g/mol. The number of para-hydroxylation sites is 1. The fourth-order valence-corrected chi connectivity index (χ4v) is 2.27. The second-order valence-corrected chi connectivity index (χ2v) is 7.58. The highest BCUT2D eigenvalue weighted by Crippen LogP contribution is 2.29. The number of sulfone groups is 1. The zero-order valence-corrected chi connectivity index (χ0v) is 12.2. The fourth-order valence-electron chi connectivity index (χ4n) is 1.44. The van der Waals surface area contributed by atoms with Gasteiger partial charge in [0.25, 0.3) is 0 Å². The Morgan fingerprint density at radius 3 is 2.39 bits per heavy atom. The van der Waals surface area contributed by atoms with Crippen LogP contribution in [0, 0.1) is 5.41 Å². The smallest absolute Gasteiger partial charge is 0.177 e. The highest BCUT2D eigenvalue weighted by molar-refractivity contribution is 7.90. The molecule has 0 saturated heterocycles. The van der Waals surface area contributed by atoms with Crippen LogP contribution in [0.4, 0.5) is 5.69 Å². The number of benzene rings is 1. The first-order valence-corrected chi connectivity index (χ1v) is 7.72. The number of hydrogen-bond acceptors (Lipinski definition) is 4. The molecule has 0 radical (unpaired) electrons. The van der Waals surface area contributed by atoms with Crippen LogP contribution < -0.4 is 10.5 Å². The van der Waals surface area contributed by atoms with E-state index in [2.05, 4.69) is 20.8 Å². The van der Waals surface area contributed by atoms with E-state index >= 15 is 0 Å². The number of rotatable bonds is 4. The summed E-state index contributed by atoms with van der Waals surface area (Å²) in [6, 6.07) is 4.81. The van der Waals surface area contributed by atoms with Crippen molar-refractivity contribution < 1.29 is 13.2 Å². The van der Waals surface area contributed by atoms with E-state index in [0.29, 0.717) is 12.4 Å². The van der Waals surface area contributed by atoms with Crippen molar-refractivity contribution in [3.63, 3.8) is 0 Å². The molecule has 2 N–H and O–H groups in total. The summed E-state index contributed by atoms with van der Waals surface area (Å²) in [6.07, 6.45) is 2.01.